The molecule has 1 amide bonds. The predicted molar refractivity (Wildman–Crippen MR) is 160 cm³/mol. The van der Waals surface area contributed by atoms with E-state index in [0.29, 0.717) is 64.2 Å². The topological polar surface area (TPSA) is 112 Å². The van der Waals surface area contributed by atoms with E-state index < -0.39 is 72.0 Å². The zero-order valence-electron chi connectivity index (χ0n) is 26.4. The van der Waals surface area contributed by atoms with Crippen LogP contribution in [0.25, 0.3) is 11.3 Å². The number of anilines is 1. The van der Waals surface area contributed by atoms with Crippen molar-refractivity contribution in [1.82, 2.24) is 14.9 Å². The summed E-state index contributed by atoms with van der Waals surface area (Å²) in [5, 5.41) is 2.18. The molecule has 2 aromatic carbocycles. The summed E-state index contributed by atoms with van der Waals surface area (Å²) >= 11 is 0. The Balaban J connectivity index is 1.47. The van der Waals surface area contributed by atoms with Crippen LogP contribution in [-0.2, 0) is 34.2 Å². The van der Waals surface area contributed by atoms with E-state index >= 15 is 13.2 Å². The van der Waals surface area contributed by atoms with Gasteiger partial charge in [0, 0.05) is 37.3 Å². The van der Waals surface area contributed by atoms with Crippen LogP contribution in [0.15, 0.2) is 23.0 Å². The van der Waals surface area contributed by atoms with Crippen molar-refractivity contribution in [3.63, 3.8) is 0 Å². The highest BCUT2D eigenvalue weighted by Gasteiger charge is 2.47. The number of aromatic nitrogens is 2. The van der Waals surface area contributed by atoms with Gasteiger partial charge >= 0.3 is 12.1 Å². The Morgan fingerprint density at radius 3 is 2.56 bits per heavy atom. The van der Waals surface area contributed by atoms with Crippen molar-refractivity contribution in [3.05, 3.63) is 74.1 Å². The molecule has 1 fully saturated rings. The van der Waals surface area contributed by atoms with Crippen LogP contribution in [0.1, 0.15) is 39.3 Å². The number of morpholine rings is 1. The van der Waals surface area contributed by atoms with Crippen LogP contribution >= 0.6 is 0 Å². The van der Waals surface area contributed by atoms with Gasteiger partial charge in [-0.15, -0.1) is 0 Å². The summed E-state index contributed by atoms with van der Waals surface area (Å²) in [5.41, 5.74) is 0.160. The van der Waals surface area contributed by atoms with Gasteiger partial charge in [-0.2, -0.15) is 13.2 Å². The zero-order valence-corrected chi connectivity index (χ0v) is 26.4. The second-order valence-corrected chi connectivity index (χ2v) is 11.5. The van der Waals surface area contributed by atoms with Gasteiger partial charge < -0.3 is 29.0 Å². The SMILES string of the molecule is COC(=O)[C@H](Cc1ccc(-c2nc(C)c(C)n(C)c2=O)c2c1CCCO2)NC(=O)c1c(F)cc(N2CCOC[C@@H]2C(F)(F)F)c(F)c1F. The Hall–Kier alpha value is -4.60. The molecular formula is C32H32F6N4O6. The van der Waals surface area contributed by atoms with Crippen molar-refractivity contribution in [2.75, 3.05) is 38.4 Å². The number of esters is 1. The van der Waals surface area contributed by atoms with Crippen LogP contribution in [-0.4, -0.2) is 73.2 Å². The van der Waals surface area contributed by atoms with E-state index in [4.69, 9.17) is 14.2 Å². The first-order chi connectivity index (χ1) is 22.6. The third kappa shape index (κ3) is 6.44. The standard InChI is InChI=1S/C32H32F6N4O6/c1-15-16(2)41(3)30(44)27(39-15)19-8-7-17(18-6-5-10-48-28(18)19)12-21(31(45)46-4)40-29(43)24-20(33)13-22(25(34)26(24)35)42-9-11-47-14-23(42)32(36,37)38/h7-8,13,21,23H,5-6,9-12,14H2,1-4H3,(H,40,43)/t21-,23+/m0/s1. The Kier molecular flexibility index (Phi) is 9.76. The molecule has 48 heavy (non-hydrogen) atoms. The lowest BCUT2D eigenvalue weighted by atomic mass is 9.91. The minimum atomic E-state index is -4.91. The molecule has 10 nitrogen and oxygen atoms in total. The first kappa shape index (κ1) is 34.7. The molecule has 0 aliphatic carbocycles. The van der Waals surface area contributed by atoms with E-state index in [9.17, 15) is 27.6 Å². The van der Waals surface area contributed by atoms with Gasteiger partial charge in [-0.05, 0) is 43.9 Å². The number of nitrogens with zero attached hydrogens (tertiary/aromatic N) is 3. The molecule has 2 aliphatic heterocycles. The number of hydrogen-bond acceptors (Lipinski definition) is 8. The monoisotopic (exact) mass is 682 g/mol. The number of halogens is 6. The Morgan fingerprint density at radius 2 is 1.88 bits per heavy atom. The van der Waals surface area contributed by atoms with Crippen molar-refractivity contribution in [1.29, 1.82) is 0 Å². The number of fused-ring (bicyclic) bond motifs is 1. The maximum Gasteiger partial charge on any atom is 0.411 e. The van der Waals surface area contributed by atoms with Gasteiger partial charge in [0.2, 0.25) is 0 Å². The van der Waals surface area contributed by atoms with Crippen molar-refractivity contribution >= 4 is 17.6 Å². The predicted octanol–water partition coefficient (Wildman–Crippen LogP) is 4.09. The maximum absolute atomic E-state index is 15.3. The maximum atomic E-state index is 15.3. The number of benzene rings is 2. The van der Waals surface area contributed by atoms with Crippen molar-refractivity contribution < 1.29 is 50.1 Å². The molecule has 258 valence electrons. The second kappa shape index (κ2) is 13.5. The summed E-state index contributed by atoms with van der Waals surface area (Å²) in [6.45, 7) is 2.19. The highest BCUT2D eigenvalue weighted by Crippen LogP contribution is 2.38. The Bertz CT molecular complexity index is 1830. The summed E-state index contributed by atoms with van der Waals surface area (Å²) in [6.07, 6.45) is -4.12. The smallest absolute Gasteiger partial charge is 0.411 e. The van der Waals surface area contributed by atoms with Crippen molar-refractivity contribution in [2.24, 2.45) is 7.05 Å². The first-order valence-corrected chi connectivity index (χ1v) is 14.9. The quantitative estimate of drug-likeness (QED) is 0.226. The molecule has 3 aromatic rings. The van der Waals surface area contributed by atoms with Gasteiger partial charge in [-0.1, -0.05) is 6.07 Å². The normalized spacial score (nSPS) is 17.0. The summed E-state index contributed by atoms with van der Waals surface area (Å²) in [4.78, 5) is 44.0. The fraction of sp³-hybridized carbons (Fsp3) is 0.438. The molecule has 5 rings (SSSR count). The van der Waals surface area contributed by atoms with E-state index in [-0.39, 0.29) is 24.3 Å². The lowest BCUT2D eigenvalue weighted by Gasteiger charge is -2.38. The van der Waals surface area contributed by atoms with E-state index in [1.165, 1.54) is 4.57 Å². The fourth-order valence-corrected chi connectivity index (χ4v) is 5.88. The van der Waals surface area contributed by atoms with Crippen LogP contribution in [0.3, 0.4) is 0 Å². The molecule has 2 atom stereocenters. The number of methoxy groups -OCH3 is 1. The van der Waals surface area contributed by atoms with Gasteiger partial charge in [0.15, 0.2) is 11.6 Å². The molecule has 16 heteroatoms. The van der Waals surface area contributed by atoms with Crippen LogP contribution in [0.4, 0.5) is 32.0 Å². The average Bonchev–Trinajstić information content (AvgIpc) is 3.06. The van der Waals surface area contributed by atoms with Gasteiger partial charge in [0.1, 0.15) is 34.9 Å². The number of alkyl halides is 3. The molecule has 1 saturated heterocycles. The van der Waals surface area contributed by atoms with Crippen LogP contribution < -0.4 is 20.5 Å². The molecule has 3 heterocycles. The molecule has 1 aromatic heterocycles. The molecule has 1 N–H and O–H groups in total. The first-order valence-electron chi connectivity index (χ1n) is 14.9. The average molecular weight is 683 g/mol. The molecule has 0 unspecified atom stereocenters. The third-order valence-electron chi connectivity index (χ3n) is 8.64. The largest absolute Gasteiger partial charge is 0.493 e. The molecule has 0 bridgehead atoms. The van der Waals surface area contributed by atoms with E-state index in [1.54, 1.807) is 33.0 Å². The highest BCUT2D eigenvalue weighted by atomic mass is 19.4. The highest BCUT2D eigenvalue weighted by molar-refractivity contribution is 5.97. The number of aryl methyl sites for hydroxylation is 1. The van der Waals surface area contributed by atoms with Crippen LogP contribution in [0.5, 0.6) is 5.75 Å². The van der Waals surface area contributed by atoms with Crippen molar-refractivity contribution in [3.8, 4) is 17.0 Å². The summed E-state index contributed by atoms with van der Waals surface area (Å²) in [7, 11) is 2.65. The van der Waals surface area contributed by atoms with Gasteiger partial charge in [0.25, 0.3) is 11.5 Å². The number of hydrogen-bond donors (Lipinski definition) is 1. The molecule has 0 radical (unpaired) electrons. The summed E-state index contributed by atoms with van der Waals surface area (Å²) in [5.74, 6) is -7.73. The lowest BCUT2D eigenvalue weighted by Crippen LogP contribution is -2.54. The fourth-order valence-electron chi connectivity index (χ4n) is 5.88. The minimum Gasteiger partial charge on any atom is -0.493 e. The number of rotatable bonds is 7. The Labute approximate surface area is 270 Å². The third-order valence-corrected chi connectivity index (χ3v) is 8.64. The molecule has 0 saturated carbocycles. The molecule has 0 spiro atoms. The number of ether oxygens (including phenoxy) is 3. The van der Waals surface area contributed by atoms with Crippen molar-refractivity contribution in [2.45, 2.75) is 51.4 Å². The molecular weight excluding hydrogens is 650 g/mol. The number of amides is 1. The summed E-state index contributed by atoms with van der Waals surface area (Å²) < 4.78 is 103. The second-order valence-electron chi connectivity index (χ2n) is 11.5. The molecule has 2 aliphatic rings. The van der Waals surface area contributed by atoms with E-state index in [1.807, 2.05) is 0 Å². The number of nitrogens with one attached hydrogen (secondary N) is 1. The van der Waals surface area contributed by atoms with E-state index in [0.717, 1.165) is 7.11 Å². The zero-order chi connectivity index (χ0) is 35.1. The van der Waals surface area contributed by atoms with Gasteiger partial charge in [-0.25, -0.2) is 22.9 Å². The minimum absolute atomic E-state index is 0.151. The summed E-state index contributed by atoms with van der Waals surface area (Å²) in [6, 6.07) is -0.416. The number of carbonyl (C=O) groups is 2. The number of carbonyl (C=O) groups excluding carboxylic acids is 2. The van der Waals surface area contributed by atoms with E-state index in [2.05, 4.69) is 10.3 Å². The van der Waals surface area contributed by atoms with Gasteiger partial charge in [-0.3, -0.25) is 9.59 Å². The van der Waals surface area contributed by atoms with Crippen LogP contribution in [0, 0.1) is 31.3 Å². The van der Waals surface area contributed by atoms with Gasteiger partial charge in [0.05, 0.1) is 38.3 Å². The Morgan fingerprint density at radius 1 is 1.15 bits per heavy atom. The lowest BCUT2D eigenvalue weighted by molar-refractivity contribution is -0.167. The van der Waals surface area contributed by atoms with Crippen LogP contribution in [0.2, 0.25) is 0 Å².